The number of nitrogens with zero attached hydrogens (tertiary/aromatic N) is 1. The summed E-state index contributed by atoms with van der Waals surface area (Å²) in [6, 6.07) is 2.87. The molecular weight excluding hydrogens is 341 g/mol. The monoisotopic (exact) mass is 363 g/mol. The van der Waals surface area contributed by atoms with E-state index in [1.807, 2.05) is 0 Å². The third kappa shape index (κ3) is 2.89. The van der Waals surface area contributed by atoms with Crippen molar-refractivity contribution >= 4 is 17.7 Å². The van der Waals surface area contributed by atoms with E-state index in [0.717, 1.165) is 5.56 Å². The normalized spacial score (nSPS) is 23.7. The molecule has 0 bridgehead atoms. The van der Waals surface area contributed by atoms with Crippen LogP contribution in [0.25, 0.3) is 0 Å². The highest BCUT2D eigenvalue weighted by molar-refractivity contribution is 6.00. The molecule has 1 saturated heterocycles. The Morgan fingerprint density at radius 3 is 2.65 bits per heavy atom. The molecule has 1 aromatic rings. The van der Waals surface area contributed by atoms with Gasteiger partial charge in [-0.1, -0.05) is 0 Å². The van der Waals surface area contributed by atoms with Crippen molar-refractivity contribution < 1.29 is 23.5 Å². The van der Waals surface area contributed by atoms with E-state index in [9.17, 15) is 14.0 Å². The van der Waals surface area contributed by atoms with Gasteiger partial charge in [-0.25, -0.2) is 4.39 Å². The molecule has 2 aliphatic rings. The second-order valence-corrected chi connectivity index (χ2v) is 6.73. The Labute approximate surface area is 150 Å². The van der Waals surface area contributed by atoms with E-state index < -0.39 is 23.4 Å². The molecule has 3 rings (SSSR count). The second-order valence-electron chi connectivity index (χ2n) is 6.73. The number of benzene rings is 1. The van der Waals surface area contributed by atoms with E-state index in [0.29, 0.717) is 30.1 Å². The molecule has 2 amide bonds. The number of aliphatic imine (C=N–C) groups is 1. The van der Waals surface area contributed by atoms with Crippen LogP contribution >= 0.6 is 0 Å². The Hall–Kier alpha value is -2.64. The zero-order valence-electron chi connectivity index (χ0n) is 15.0. The Morgan fingerprint density at radius 1 is 1.42 bits per heavy atom. The molecule has 1 saturated carbocycles. The van der Waals surface area contributed by atoms with Crippen molar-refractivity contribution in [3.63, 3.8) is 0 Å². The lowest BCUT2D eigenvalue weighted by Crippen LogP contribution is -2.35. The summed E-state index contributed by atoms with van der Waals surface area (Å²) >= 11 is 0. The van der Waals surface area contributed by atoms with Gasteiger partial charge in [0.15, 0.2) is 6.17 Å². The molecule has 2 fully saturated rings. The number of carbonyl (C=O) groups excluding carboxylic acids is 2. The van der Waals surface area contributed by atoms with Gasteiger partial charge in [0.25, 0.3) is 11.8 Å². The first kappa shape index (κ1) is 18.2. The quantitative estimate of drug-likeness (QED) is 0.604. The summed E-state index contributed by atoms with van der Waals surface area (Å²) in [7, 11) is 3.01. The second kappa shape index (κ2) is 6.59. The summed E-state index contributed by atoms with van der Waals surface area (Å²) in [6.45, 7) is 1.92. The summed E-state index contributed by atoms with van der Waals surface area (Å²) in [5, 5.41) is 2.67. The molecule has 140 valence electrons. The van der Waals surface area contributed by atoms with Crippen molar-refractivity contribution in [3.8, 4) is 5.75 Å². The summed E-state index contributed by atoms with van der Waals surface area (Å²) in [6.07, 6.45) is -0.144. The third-order valence-electron chi connectivity index (χ3n) is 5.20. The Kier molecular flexibility index (Phi) is 4.60. The third-order valence-corrected chi connectivity index (χ3v) is 5.20. The number of nitrogens with one attached hydrogen (secondary N) is 1. The van der Waals surface area contributed by atoms with E-state index in [1.54, 1.807) is 26.1 Å². The van der Waals surface area contributed by atoms with Gasteiger partial charge in [0.2, 0.25) is 5.90 Å². The fraction of sp³-hybridized carbons (Fsp3) is 0.500. The SMILES string of the molecule is CN=C(OC[C@H]1NC(=O)[C@H](F)C12CC2)c1cc(OC)c(C(N)=O)cc1C. The van der Waals surface area contributed by atoms with E-state index in [2.05, 4.69) is 10.3 Å². The molecule has 0 radical (unpaired) electrons. The van der Waals surface area contributed by atoms with Gasteiger partial charge >= 0.3 is 0 Å². The van der Waals surface area contributed by atoms with E-state index in [-0.39, 0.29) is 18.2 Å². The van der Waals surface area contributed by atoms with Crippen LogP contribution in [0.1, 0.15) is 34.3 Å². The molecule has 1 heterocycles. The van der Waals surface area contributed by atoms with Gasteiger partial charge in [-0.15, -0.1) is 0 Å². The van der Waals surface area contributed by atoms with E-state index in [1.165, 1.54) is 7.11 Å². The Morgan fingerprint density at radius 2 is 2.12 bits per heavy atom. The van der Waals surface area contributed by atoms with Crippen LogP contribution in [0.3, 0.4) is 0 Å². The highest BCUT2D eigenvalue weighted by Crippen LogP contribution is 2.55. The number of primary amides is 1. The lowest BCUT2D eigenvalue weighted by Gasteiger charge is -2.20. The van der Waals surface area contributed by atoms with Gasteiger partial charge < -0.3 is 20.5 Å². The van der Waals surface area contributed by atoms with Crippen LogP contribution in [-0.2, 0) is 9.53 Å². The number of carbonyl (C=O) groups is 2. The number of hydrogen-bond acceptors (Lipinski definition) is 5. The van der Waals surface area contributed by atoms with E-state index in [4.69, 9.17) is 15.2 Å². The number of ether oxygens (including phenoxy) is 2. The molecule has 2 atom stereocenters. The largest absolute Gasteiger partial charge is 0.496 e. The zero-order valence-corrected chi connectivity index (χ0v) is 15.0. The van der Waals surface area contributed by atoms with Gasteiger partial charge in [-0.2, -0.15) is 0 Å². The van der Waals surface area contributed by atoms with Gasteiger partial charge in [-0.05, 0) is 37.5 Å². The summed E-state index contributed by atoms with van der Waals surface area (Å²) in [5.74, 6) is -0.524. The first-order valence-corrected chi connectivity index (χ1v) is 8.37. The minimum atomic E-state index is -1.48. The topological polar surface area (TPSA) is 103 Å². The van der Waals surface area contributed by atoms with Crippen LogP contribution in [0, 0.1) is 12.3 Å². The predicted octanol–water partition coefficient (Wildman–Crippen LogP) is 1.11. The summed E-state index contributed by atoms with van der Waals surface area (Å²) < 4.78 is 25.1. The number of aryl methyl sites for hydroxylation is 1. The molecule has 1 aliphatic carbocycles. The highest BCUT2D eigenvalue weighted by Gasteiger charge is 2.63. The maximum absolute atomic E-state index is 14.1. The molecule has 7 nitrogen and oxygen atoms in total. The Balaban J connectivity index is 1.80. The van der Waals surface area contributed by atoms with Gasteiger partial charge in [-0.3, -0.25) is 14.6 Å². The smallest absolute Gasteiger partial charge is 0.255 e. The van der Waals surface area contributed by atoms with Crippen molar-refractivity contribution in [2.45, 2.75) is 32.0 Å². The van der Waals surface area contributed by atoms with Crippen LogP contribution < -0.4 is 15.8 Å². The number of amides is 2. The zero-order chi connectivity index (χ0) is 19.1. The highest BCUT2D eigenvalue weighted by atomic mass is 19.1. The maximum atomic E-state index is 14.1. The lowest BCUT2D eigenvalue weighted by molar-refractivity contribution is -0.124. The molecule has 1 aromatic carbocycles. The standard InChI is InChI=1S/C18H22FN3O4/c1-9-6-11(15(20)23)12(25-3)7-10(9)17(21-2)26-8-13-18(4-5-18)14(19)16(24)22-13/h6-7,13-14H,4-5,8H2,1-3H3,(H2,20,23)(H,22,24)/t13-,14+/m1/s1. The number of nitrogens with two attached hydrogens (primary N) is 1. The van der Waals surface area contributed by atoms with Crippen molar-refractivity contribution in [3.05, 3.63) is 28.8 Å². The van der Waals surface area contributed by atoms with Crippen LogP contribution in [-0.4, -0.2) is 50.7 Å². The molecule has 8 heteroatoms. The van der Waals surface area contributed by atoms with Gasteiger partial charge in [0, 0.05) is 18.0 Å². The van der Waals surface area contributed by atoms with Crippen molar-refractivity contribution in [2.24, 2.45) is 16.1 Å². The number of methoxy groups -OCH3 is 1. The van der Waals surface area contributed by atoms with Crippen LogP contribution in [0.2, 0.25) is 0 Å². The molecule has 26 heavy (non-hydrogen) atoms. The number of hydrogen-bond donors (Lipinski definition) is 2. The summed E-state index contributed by atoms with van der Waals surface area (Å²) in [5.41, 5.74) is 6.37. The van der Waals surface area contributed by atoms with E-state index >= 15 is 0 Å². The average molecular weight is 363 g/mol. The van der Waals surface area contributed by atoms with Crippen molar-refractivity contribution in [1.29, 1.82) is 0 Å². The van der Waals surface area contributed by atoms with Crippen molar-refractivity contribution in [1.82, 2.24) is 5.32 Å². The number of halogens is 1. The average Bonchev–Trinajstić information content (AvgIpc) is 3.38. The van der Waals surface area contributed by atoms with Crippen LogP contribution in [0.15, 0.2) is 17.1 Å². The minimum Gasteiger partial charge on any atom is -0.496 e. The molecular formula is C18H22FN3O4. The molecule has 0 unspecified atom stereocenters. The van der Waals surface area contributed by atoms with Gasteiger partial charge in [0.05, 0.1) is 18.7 Å². The minimum absolute atomic E-state index is 0.123. The Bertz CT molecular complexity index is 789. The fourth-order valence-corrected chi connectivity index (χ4v) is 3.49. The first-order valence-electron chi connectivity index (χ1n) is 8.37. The first-order chi connectivity index (χ1) is 12.3. The number of rotatable bonds is 5. The number of alkyl halides is 1. The van der Waals surface area contributed by atoms with Crippen LogP contribution in [0.5, 0.6) is 5.75 Å². The fourth-order valence-electron chi connectivity index (χ4n) is 3.49. The summed E-state index contributed by atoms with van der Waals surface area (Å²) in [4.78, 5) is 27.3. The molecule has 1 aliphatic heterocycles. The lowest BCUT2D eigenvalue weighted by atomic mass is 9.96. The molecule has 1 spiro atoms. The van der Waals surface area contributed by atoms with Gasteiger partial charge in [0.1, 0.15) is 12.4 Å². The predicted molar refractivity (Wildman–Crippen MR) is 93.2 cm³/mol. The van der Waals surface area contributed by atoms with Crippen LogP contribution in [0.4, 0.5) is 4.39 Å². The molecule has 3 N–H and O–H groups in total. The van der Waals surface area contributed by atoms with Crippen molar-refractivity contribution in [2.75, 3.05) is 20.8 Å². The maximum Gasteiger partial charge on any atom is 0.255 e. The molecule has 0 aromatic heterocycles.